The van der Waals surface area contributed by atoms with E-state index < -0.39 is 0 Å². The Morgan fingerprint density at radius 2 is 1.81 bits per heavy atom. The number of aromatic nitrogens is 3. The first-order valence-electron chi connectivity index (χ1n) is 9.48. The second kappa shape index (κ2) is 8.20. The van der Waals surface area contributed by atoms with Crippen molar-refractivity contribution >= 4 is 43.5 Å². The number of pyridine rings is 1. The number of fused-ring (bicyclic) bond motifs is 3. The Bertz CT molecular complexity index is 1460. The molecule has 0 radical (unpaired) electrons. The first-order chi connectivity index (χ1) is 15.1. The van der Waals surface area contributed by atoms with Gasteiger partial charge in [0, 0.05) is 17.3 Å². The molecular weight excluding hydrogens is 436 g/mol. The van der Waals surface area contributed by atoms with Crippen molar-refractivity contribution in [3.8, 4) is 0 Å². The lowest BCUT2D eigenvalue weighted by molar-refractivity contribution is 0.622. The van der Waals surface area contributed by atoms with E-state index in [4.69, 9.17) is 4.98 Å². The zero-order valence-corrected chi connectivity index (χ0v) is 17.7. The molecule has 0 saturated heterocycles. The Morgan fingerprint density at radius 1 is 0.968 bits per heavy atom. The third kappa shape index (κ3) is 3.96. The van der Waals surface area contributed by atoms with Crippen LogP contribution in [0.5, 0.6) is 0 Å². The summed E-state index contributed by atoms with van der Waals surface area (Å²) in [7, 11) is 0. The molecule has 0 unspecified atom stereocenters. The minimum atomic E-state index is -0.332. The van der Waals surface area contributed by atoms with Crippen LogP contribution in [0, 0.1) is 11.6 Å². The predicted molar refractivity (Wildman–Crippen MR) is 121 cm³/mol. The minimum absolute atomic E-state index is 0.168. The molecule has 3 aromatic heterocycles. The highest BCUT2D eigenvalue weighted by atomic mass is 32.2. The smallest absolute Gasteiger partial charge is 0.272 e. The van der Waals surface area contributed by atoms with Crippen LogP contribution >= 0.6 is 23.1 Å². The van der Waals surface area contributed by atoms with Crippen molar-refractivity contribution in [2.45, 2.75) is 17.5 Å². The maximum atomic E-state index is 13.6. The van der Waals surface area contributed by atoms with E-state index >= 15 is 0 Å². The van der Waals surface area contributed by atoms with Gasteiger partial charge in [0.1, 0.15) is 21.2 Å². The highest BCUT2D eigenvalue weighted by Gasteiger charge is 2.17. The van der Waals surface area contributed by atoms with Crippen LogP contribution in [0.25, 0.3) is 20.4 Å². The zero-order valence-electron chi connectivity index (χ0n) is 16.1. The molecule has 0 spiro atoms. The minimum Gasteiger partial charge on any atom is -0.282 e. The average molecular weight is 452 g/mol. The van der Waals surface area contributed by atoms with Crippen molar-refractivity contribution in [2.75, 3.05) is 0 Å². The SMILES string of the molecule is O=c1c2sc3ncccc3c2nc(SCc2cccc(F)c2)n1Cc1ccc(F)cc1. The Kier molecular flexibility index (Phi) is 5.25. The summed E-state index contributed by atoms with van der Waals surface area (Å²) in [5.74, 6) is -0.180. The highest BCUT2D eigenvalue weighted by molar-refractivity contribution is 7.98. The summed E-state index contributed by atoms with van der Waals surface area (Å²) in [6.07, 6.45) is 1.69. The number of benzene rings is 2. The van der Waals surface area contributed by atoms with Gasteiger partial charge in [-0.2, -0.15) is 0 Å². The monoisotopic (exact) mass is 451 g/mol. The topological polar surface area (TPSA) is 47.8 Å². The second-order valence-corrected chi connectivity index (χ2v) is 8.91. The van der Waals surface area contributed by atoms with Crippen LogP contribution in [-0.2, 0) is 12.3 Å². The Morgan fingerprint density at radius 3 is 2.61 bits per heavy atom. The van der Waals surface area contributed by atoms with Crippen LogP contribution in [0.3, 0.4) is 0 Å². The number of halogens is 2. The maximum absolute atomic E-state index is 13.6. The zero-order chi connectivity index (χ0) is 21.4. The summed E-state index contributed by atoms with van der Waals surface area (Å²) < 4.78 is 29.0. The van der Waals surface area contributed by atoms with Gasteiger partial charge in [0.05, 0.1) is 12.1 Å². The molecule has 0 N–H and O–H groups in total. The lowest BCUT2D eigenvalue weighted by atomic mass is 10.2. The third-order valence-corrected chi connectivity index (χ3v) is 6.97. The summed E-state index contributed by atoms with van der Waals surface area (Å²) in [4.78, 5) is 23.3. The van der Waals surface area contributed by atoms with Crippen molar-refractivity contribution in [3.05, 3.63) is 100.0 Å². The van der Waals surface area contributed by atoms with Gasteiger partial charge in [-0.1, -0.05) is 36.0 Å². The molecule has 154 valence electrons. The van der Waals surface area contributed by atoms with Crippen LogP contribution in [0.2, 0.25) is 0 Å². The molecule has 4 nitrogen and oxygen atoms in total. The van der Waals surface area contributed by atoms with Gasteiger partial charge >= 0.3 is 0 Å². The Labute approximate surface area is 184 Å². The first kappa shape index (κ1) is 19.8. The molecule has 0 aliphatic heterocycles. The van der Waals surface area contributed by atoms with Crippen molar-refractivity contribution in [1.29, 1.82) is 0 Å². The molecule has 31 heavy (non-hydrogen) atoms. The van der Waals surface area contributed by atoms with Crippen molar-refractivity contribution in [3.63, 3.8) is 0 Å². The first-order valence-corrected chi connectivity index (χ1v) is 11.3. The molecular formula is C23H15F2N3OS2. The van der Waals surface area contributed by atoms with E-state index in [9.17, 15) is 13.6 Å². The average Bonchev–Trinajstić information content (AvgIpc) is 3.15. The van der Waals surface area contributed by atoms with E-state index in [0.29, 0.717) is 21.1 Å². The van der Waals surface area contributed by atoms with Crippen LogP contribution in [0.4, 0.5) is 8.78 Å². The van der Waals surface area contributed by atoms with E-state index in [0.717, 1.165) is 21.3 Å². The van der Waals surface area contributed by atoms with Crippen LogP contribution < -0.4 is 5.56 Å². The van der Waals surface area contributed by atoms with E-state index in [-0.39, 0.29) is 23.7 Å². The largest absolute Gasteiger partial charge is 0.282 e. The molecule has 8 heteroatoms. The van der Waals surface area contributed by atoms with E-state index in [1.807, 2.05) is 18.2 Å². The van der Waals surface area contributed by atoms with Gasteiger partial charge in [-0.15, -0.1) is 11.3 Å². The van der Waals surface area contributed by atoms with Gasteiger partial charge in [-0.3, -0.25) is 9.36 Å². The molecule has 0 saturated carbocycles. The van der Waals surface area contributed by atoms with E-state index in [1.54, 1.807) is 29.0 Å². The molecule has 2 aromatic carbocycles. The number of hydrogen-bond donors (Lipinski definition) is 0. The summed E-state index contributed by atoms with van der Waals surface area (Å²) >= 11 is 2.68. The Balaban J connectivity index is 1.63. The number of rotatable bonds is 5. The van der Waals surface area contributed by atoms with Crippen LogP contribution in [0.15, 0.2) is 76.8 Å². The lowest BCUT2D eigenvalue weighted by Crippen LogP contribution is -2.23. The molecule has 0 aliphatic carbocycles. The summed E-state index contributed by atoms with van der Waals surface area (Å²) in [6.45, 7) is 0.259. The number of thioether (sulfide) groups is 1. The molecule has 0 bridgehead atoms. The van der Waals surface area contributed by atoms with E-state index in [2.05, 4.69) is 4.98 Å². The second-order valence-electron chi connectivity index (χ2n) is 6.97. The van der Waals surface area contributed by atoms with Crippen molar-refractivity contribution in [1.82, 2.24) is 14.5 Å². The fraction of sp³-hybridized carbons (Fsp3) is 0.0870. The third-order valence-electron chi connectivity index (χ3n) is 4.83. The fourth-order valence-electron chi connectivity index (χ4n) is 3.34. The normalized spacial score (nSPS) is 11.4. The summed E-state index contributed by atoms with van der Waals surface area (Å²) in [6, 6.07) is 16.1. The predicted octanol–water partition coefficient (Wildman–Crippen LogP) is 5.63. The van der Waals surface area contributed by atoms with Crippen molar-refractivity contribution in [2.24, 2.45) is 0 Å². The van der Waals surface area contributed by atoms with Crippen LogP contribution in [0.1, 0.15) is 11.1 Å². The standard InChI is InChI=1S/C23H15F2N3OS2/c24-16-8-6-14(7-9-16)12-28-22(29)20-19(18-5-2-10-26-21(18)31-20)27-23(28)30-13-15-3-1-4-17(25)11-15/h1-11H,12-13H2. The quantitative estimate of drug-likeness (QED) is 0.257. The molecule has 3 heterocycles. The van der Waals surface area contributed by atoms with Crippen LogP contribution in [-0.4, -0.2) is 14.5 Å². The molecule has 5 rings (SSSR count). The molecule has 0 fully saturated rings. The molecule has 0 aliphatic rings. The number of thiophene rings is 1. The fourth-order valence-corrected chi connectivity index (χ4v) is 5.30. The molecule has 5 aromatic rings. The van der Waals surface area contributed by atoms with Crippen molar-refractivity contribution < 1.29 is 8.78 Å². The van der Waals surface area contributed by atoms with Gasteiger partial charge in [-0.25, -0.2) is 18.7 Å². The number of nitrogens with zero attached hydrogens (tertiary/aromatic N) is 3. The Hall–Kier alpha value is -3.10. The van der Waals surface area contributed by atoms with Gasteiger partial charge in [0.25, 0.3) is 5.56 Å². The molecule has 0 amide bonds. The number of hydrogen-bond acceptors (Lipinski definition) is 5. The lowest BCUT2D eigenvalue weighted by Gasteiger charge is -2.12. The van der Waals surface area contributed by atoms with E-state index in [1.165, 1.54) is 47.4 Å². The van der Waals surface area contributed by atoms with Gasteiger partial charge in [0.2, 0.25) is 0 Å². The highest BCUT2D eigenvalue weighted by Crippen LogP contribution is 2.31. The van der Waals surface area contributed by atoms with Gasteiger partial charge < -0.3 is 0 Å². The summed E-state index contributed by atoms with van der Waals surface area (Å²) in [5, 5.41) is 1.36. The van der Waals surface area contributed by atoms with Gasteiger partial charge in [0.15, 0.2) is 5.16 Å². The summed E-state index contributed by atoms with van der Waals surface area (Å²) in [5.41, 5.74) is 2.04. The van der Waals surface area contributed by atoms with Gasteiger partial charge in [-0.05, 0) is 47.5 Å². The maximum Gasteiger partial charge on any atom is 0.272 e. The molecule has 0 atom stereocenters.